The van der Waals surface area contributed by atoms with Crippen molar-refractivity contribution < 1.29 is 77.3 Å². The molecule has 2 amide bonds. The minimum atomic E-state index is -4.80. The highest BCUT2D eigenvalue weighted by Gasteiger charge is 2.45. The lowest BCUT2D eigenvalue weighted by molar-refractivity contribution is -0.777. The van der Waals surface area contributed by atoms with Crippen molar-refractivity contribution in [1.29, 1.82) is 0 Å². The summed E-state index contributed by atoms with van der Waals surface area (Å²) in [7, 11) is -13.9. The van der Waals surface area contributed by atoms with Crippen LogP contribution in [0.2, 0.25) is 0 Å². The summed E-state index contributed by atoms with van der Waals surface area (Å²) in [6.07, 6.45) is 10.5. The first-order valence-corrected chi connectivity index (χ1v) is 25.1. The van der Waals surface area contributed by atoms with Crippen LogP contribution in [0.25, 0.3) is 0 Å². The molecule has 0 bridgehead atoms. The number of carbonyl (C=O) groups is 3. The molecule has 19 nitrogen and oxygen atoms in total. The minimum Gasteiger partial charge on any atom is -0.748 e. The van der Waals surface area contributed by atoms with E-state index in [1.165, 1.54) is 18.2 Å². The van der Waals surface area contributed by atoms with E-state index in [0.29, 0.717) is 76.0 Å². The number of hydroxylamine groups is 2. The molecule has 1 fully saturated rings. The van der Waals surface area contributed by atoms with Crippen LogP contribution in [0, 0.1) is 0 Å². The topological polar surface area (TPSA) is 283 Å². The number of amides is 2. The van der Waals surface area contributed by atoms with Gasteiger partial charge in [-0.2, -0.15) is 8.91 Å². The number of carbonyl (C=O) groups excluding carboxylic acids is 3. The van der Waals surface area contributed by atoms with Crippen LogP contribution in [0.15, 0.2) is 82.3 Å². The number of hydrogen-bond acceptors (Lipinski definition) is 18. The van der Waals surface area contributed by atoms with Gasteiger partial charge in [0.25, 0.3) is 11.8 Å². The number of benzene rings is 2. The molecule has 64 heavy (non-hydrogen) atoms. The van der Waals surface area contributed by atoms with E-state index in [4.69, 9.17) is 4.84 Å². The maximum Gasteiger partial charge on any atom is 0.333 e. The monoisotopic (exact) mass is 968 g/mol. The highest BCUT2D eigenvalue weighted by Crippen LogP contribution is 2.52. The quantitative estimate of drug-likeness (QED) is 0.0235. The maximum absolute atomic E-state index is 12.4. The van der Waals surface area contributed by atoms with Gasteiger partial charge in [0.15, 0.2) is 5.71 Å². The fraction of sp³-hybridized carbons (Fsp3) is 0.463. The van der Waals surface area contributed by atoms with E-state index in [2.05, 4.69) is 9.37 Å². The van der Waals surface area contributed by atoms with Gasteiger partial charge in [-0.05, 0) is 82.0 Å². The first-order valence-electron chi connectivity index (χ1n) is 19.8. The predicted octanol–water partition coefficient (Wildman–Crippen LogP) is 4.04. The van der Waals surface area contributed by atoms with Crippen molar-refractivity contribution in [1.82, 2.24) is 5.06 Å². The molecule has 0 aliphatic carbocycles. The zero-order chi connectivity index (χ0) is 46.4. The van der Waals surface area contributed by atoms with Crippen molar-refractivity contribution in [3.63, 3.8) is 0 Å². The molecule has 0 aromatic heterocycles. The third kappa shape index (κ3) is 12.9. The van der Waals surface area contributed by atoms with Crippen molar-refractivity contribution in [2.24, 2.45) is 0 Å². The summed E-state index contributed by atoms with van der Waals surface area (Å²) in [4.78, 5) is 43.1. The van der Waals surface area contributed by atoms with Crippen molar-refractivity contribution in [2.75, 3.05) is 29.5 Å². The zero-order valence-corrected chi connectivity index (χ0v) is 37.8. The van der Waals surface area contributed by atoms with E-state index in [-0.39, 0.29) is 52.6 Å². The molecule has 0 saturated carbocycles. The Balaban J connectivity index is 0.00000898. The van der Waals surface area contributed by atoms with E-state index in [0.717, 1.165) is 5.56 Å². The van der Waals surface area contributed by atoms with Gasteiger partial charge >= 0.3 is 5.97 Å². The molecular formula is C41H50N3O16S4-3. The lowest BCUT2D eigenvalue weighted by Crippen LogP contribution is -2.32. The summed E-state index contributed by atoms with van der Waals surface area (Å²) in [5.74, 6) is -3.14. The van der Waals surface area contributed by atoms with E-state index in [9.17, 15) is 58.6 Å². The van der Waals surface area contributed by atoms with E-state index in [1.54, 1.807) is 47.1 Å². The Morgan fingerprint density at radius 1 is 0.844 bits per heavy atom. The number of imide groups is 1. The smallest absolute Gasteiger partial charge is 0.333 e. The van der Waals surface area contributed by atoms with Crippen molar-refractivity contribution in [3.8, 4) is 0 Å². The van der Waals surface area contributed by atoms with Crippen LogP contribution < -0.4 is 10.2 Å². The second-order valence-electron chi connectivity index (χ2n) is 15.8. The second kappa shape index (κ2) is 21.3. The first-order chi connectivity index (χ1) is 29.5. The summed E-state index contributed by atoms with van der Waals surface area (Å²) in [5.41, 5.74) is 2.19. The van der Waals surface area contributed by atoms with Crippen molar-refractivity contribution >= 4 is 77.3 Å². The third-order valence-electron chi connectivity index (χ3n) is 11.1. The molecule has 1 unspecified atom stereocenters. The summed E-state index contributed by atoms with van der Waals surface area (Å²) >= 11 is 0.682. The van der Waals surface area contributed by atoms with Crippen LogP contribution in [0.5, 0.6) is 0 Å². The molecule has 1 saturated heterocycles. The van der Waals surface area contributed by atoms with E-state index < -0.39 is 75.4 Å². The first kappa shape index (κ1) is 52.3. The highest BCUT2D eigenvalue weighted by atomic mass is 32.2. The molecule has 3 heterocycles. The molecule has 0 radical (unpaired) electrons. The Morgan fingerprint density at radius 3 is 2.16 bits per heavy atom. The van der Waals surface area contributed by atoms with Crippen LogP contribution in [0.4, 0.5) is 11.4 Å². The molecule has 3 aliphatic heterocycles. The predicted molar refractivity (Wildman–Crippen MR) is 228 cm³/mol. The Hall–Kier alpha value is -4.30. The normalized spacial score (nSPS) is 19.3. The maximum atomic E-state index is 12.4. The Labute approximate surface area is 377 Å². The second-order valence-corrected chi connectivity index (χ2v) is 21.0. The van der Waals surface area contributed by atoms with Crippen LogP contribution in [0.3, 0.4) is 0 Å². The number of anilines is 1. The number of nitrogens with zero attached hydrogens (tertiary/aromatic N) is 3. The van der Waals surface area contributed by atoms with Crippen LogP contribution in [-0.2, 0) is 69.8 Å². The Bertz CT molecular complexity index is 2550. The number of unbranched alkanes of at least 4 members (excludes halogenated alkanes) is 2. The number of hydrogen-bond donors (Lipinski definition) is 0. The van der Waals surface area contributed by atoms with Crippen LogP contribution >= 0.6 is 12.0 Å². The molecule has 2 aromatic rings. The summed E-state index contributed by atoms with van der Waals surface area (Å²) in [6.45, 7) is 5.80. The number of allylic oxidation sites excluding steroid dienone is 6. The third-order valence-corrected chi connectivity index (χ3v) is 14.0. The van der Waals surface area contributed by atoms with E-state index in [1.807, 2.05) is 31.7 Å². The molecule has 3 aliphatic rings. The molecule has 0 N–H and O–H groups in total. The Kier molecular flexibility index (Phi) is 17.4. The fourth-order valence-electron chi connectivity index (χ4n) is 8.08. The number of fused-ring (bicyclic) bond motifs is 2. The summed E-state index contributed by atoms with van der Waals surface area (Å²) in [6, 6.07) is 9.17. The average molecular weight is 969 g/mol. The molecule has 5 rings (SSSR count). The Morgan fingerprint density at radius 2 is 1.52 bits per heavy atom. The molecule has 23 heteroatoms. The minimum absolute atomic E-state index is 0. The van der Waals surface area contributed by atoms with Gasteiger partial charge in [-0.25, -0.2) is 30.0 Å². The highest BCUT2D eigenvalue weighted by molar-refractivity contribution is 7.94. The van der Waals surface area contributed by atoms with Gasteiger partial charge in [0.2, 0.25) is 5.69 Å². The largest absolute Gasteiger partial charge is 0.748 e. The zero-order valence-electron chi connectivity index (χ0n) is 34.5. The summed E-state index contributed by atoms with van der Waals surface area (Å²) in [5, 5.41) is 14.7. The van der Waals surface area contributed by atoms with Gasteiger partial charge in [0, 0.05) is 83.1 Å². The van der Waals surface area contributed by atoms with Crippen LogP contribution in [-0.4, -0.2) is 96.6 Å². The van der Waals surface area contributed by atoms with Crippen LogP contribution in [0.1, 0.15) is 97.1 Å². The molecular weight excluding hydrogens is 919 g/mol. The van der Waals surface area contributed by atoms with Crippen molar-refractivity contribution in [3.05, 3.63) is 83.6 Å². The molecule has 2 aromatic carbocycles. The van der Waals surface area contributed by atoms with Gasteiger partial charge < -0.3 is 28.7 Å². The van der Waals surface area contributed by atoms with Gasteiger partial charge in [0.05, 0.1) is 42.6 Å². The summed E-state index contributed by atoms with van der Waals surface area (Å²) < 4.78 is 111. The van der Waals surface area contributed by atoms with Crippen molar-refractivity contribution in [2.45, 2.75) is 107 Å². The van der Waals surface area contributed by atoms with Gasteiger partial charge in [-0.1, -0.05) is 38.5 Å². The SMILES string of the molecule is C.CC1(C)C(C=CC=CC=C2N(CCCS(=O)(=O)[O-])c3ccc(SOO[O-])cc3C2(C)CCCCCC(=O)ON2C(=O)CCC2=O)=[N+](CCCS(=O)(=O)[O-])c2ccc(S(=O)(=O)[O-])cc21. The molecule has 0 spiro atoms. The average Bonchev–Trinajstić information content (AvgIpc) is 3.71. The van der Waals surface area contributed by atoms with Gasteiger partial charge in [0.1, 0.15) is 16.7 Å². The standard InChI is InChI=1S/C40H49N3O16S4.CH4/c1-39(2)30-27-29(63(54,55)56)16-18-32(30)41(22-10-24-61(48,49)50)34(39)12-6-4-7-13-35-40(3,21-9-5-8-14-38(46)57-43-36(44)19-20-37(43)45)31-26-28(60-59-58-47)15-17-33(31)42(35)23-11-25-62(51,52)53;/h4,6-7,12-13,15-18,26-27H,5,8-11,14,19-25H2,1-3H3,(H3-,47,48,49,50,51,52,53,54,55,56);1H4/p-3. The fourth-order valence-corrected chi connectivity index (χ4v) is 9.94. The van der Waals surface area contributed by atoms with Gasteiger partial charge in [-0.3, -0.25) is 14.6 Å². The van der Waals surface area contributed by atoms with E-state index >= 15 is 0 Å². The lowest BCUT2D eigenvalue weighted by atomic mass is 9.77. The lowest BCUT2D eigenvalue weighted by Gasteiger charge is -2.30. The van der Waals surface area contributed by atoms with Gasteiger partial charge in [-0.15, -0.1) is 5.06 Å². The molecule has 352 valence electrons. The molecule has 1 atom stereocenters. The number of rotatable bonds is 22.